The molecular formula is C14H16N2O. The lowest BCUT2D eigenvalue weighted by atomic mass is 10.0. The van der Waals surface area contributed by atoms with Gasteiger partial charge in [0.15, 0.2) is 0 Å². The van der Waals surface area contributed by atoms with Crippen molar-refractivity contribution < 1.29 is 5.11 Å². The first-order valence-electron chi connectivity index (χ1n) is 6.11. The third-order valence-corrected chi connectivity index (χ3v) is 3.47. The molecule has 0 unspecified atom stereocenters. The largest absolute Gasteiger partial charge is 0.508 e. The van der Waals surface area contributed by atoms with E-state index in [-0.39, 0.29) is 0 Å². The van der Waals surface area contributed by atoms with Crippen LogP contribution in [0.5, 0.6) is 5.75 Å². The molecule has 0 fully saturated rings. The summed E-state index contributed by atoms with van der Waals surface area (Å²) in [7, 11) is 0. The average molecular weight is 228 g/mol. The van der Waals surface area contributed by atoms with Crippen LogP contribution in [-0.2, 0) is 12.8 Å². The van der Waals surface area contributed by atoms with Crippen molar-refractivity contribution in [3.05, 3.63) is 41.5 Å². The summed E-state index contributed by atoms with van der Waals surface area (Å²) in [6.07, 6.45) is 6.61. The predicted octanol–water partition coefficient (Wildman–Crippen LogP) is 2.77. The van der Waals surface area contributed by atoms with E-state index in [0.717, 1.165) is 24.1 Å². The number of benzene rings is 1. The first kappa shape index (κ1) is 10.4. The summed E-state index contributed by atoms with van der Waals surface area (Å²) in [6.45, 7) is 2.02. The van der Waals surface area contributed by atoms with Gasteiger partial charge in [-0.25, -0.2) is 4.98 Å². The Morgan fingerprint density at radius 2 is 2.06 bits per heavy atom. The van der Waals surface area contributed by atoms with Gasteiger partial charge in [0.05, 0.1) is 12.0 Å². The van der Waals surface area contributed by atoms with E-state index >= 15 is 0 Å². The van der Waals surface area contributed by atoms with Crippen LogP contribution in [0, 0.1) is 6.92 Å². The maximum atomic E-state index is 9.45. The average Bonchev–Trinajstić information content (AvgIpc) is 2.73. The zero-order valence-corrected chi connectivity index (χ0v) is 9.98. The van der Waals surface area contributed by atoms with Gasteiger partial charge >= 0.3 is 0 Å². The molecule has 1 aliphatic rings. The van der Waals surface area contributed by atoms with Crippen LogP contribution in [0.15, 0.2) is 24.5 Å². The van der Waals surface area contributed by atoms with Crippen molar-refractivity contribution in [2.45, 2.75) is 32.6 Å². The van der Waals surface area contributed by atoms with Crippen LogP contribution >= 0.6 is 0 Å². The highest BCUT2D eigenvalue weighted by Gasteiger charge is 2.16. The lowest BCUT2D eigenvalue weighted by Gasteiger charge is -2.15. The number of aromatic hydroxyl groups is 1. The summed E-state index contributed by atoms with van der Waals surface area (Å²) in [5, 5.41) is 9.45. The minimum Gasteiger partial charge on any atom is -0.508 e. The van der Waals surface area contributed by atoms with Gasteiger partial charge in [0.1, 0.15) is 5.75 Å². The van der Waals surface area contributed by atoms with Crippen LogP contribution in [0.4, 0.5) is 0 Å². The van der Waals surface area contributed by atoms with E-state index in [4.69, 9.17) is 0 Å². The maximum absolute atomic E-state index is 9.45. The van der Waals surface area contributed by atoms with Crippen molar-refractivity contribution in [2.75, 3.05) is 0 Å². The lowest BCUT2D eigenvalue weighted by molar-refractivity contribution is 0.474. The molecule has 0 radical (unpaired) electrons. The molecule has 1 aliphatic carbocycles. The highest BCUT2D eigenvalue weighted by atomic mass is 16.3. The summed E-state index contributed by atoms with van der Waals surface area (Å²) in [5.41, 5.74) is 4.78. The molecule has 0 saturated heterocycles. The van der Waals surface area contributed by atoms with E-state index < -0.39 is 0 Å². The number of phenols is 1. The van der Waals surface area contributed by atoms with Gasteiger partial charge < -0.3 is 9.67 Å². The van der Waals surface area contributed by atoms with Crippen molar-refractivity contribution in [3.8, 4) is 11.4 Å². The molecule has 1 aromatic carbocycles. The number of fused-ring (bicyclic) bond motifs is 1. The predicted molar refractivity (Wildman–Crippen MR) is 66.6 cm³/mol. The zero-order valence-electron chi connectivity index (χ0n) is 9.98. The lowest BCUT2D eigenvalue weighted by Crippen LogP contribution is -2.07. The molecule has 3 rings (SSSR count). The monoisotopic (exact) mass is 228 g/mol. The molecular weight excluding hydrogens is 212 g/mol. The van der Waals surface area contributed by atoms with E-state index in [9.17, 15) is 5.11 Å². The van der Waals surface area contributed by atoms with Crippen LogP contribution in [0.2, 0.25) is 0 Å². The number of nitrogens with zero attached hydrogens (tertiary/aromatic N) is 2. The van der Waals surface area contributed by atoms with Crippen LogP contribution in [0.1, 0.15) is 29.8 Å². The van der Waals surface area contributed by atoms with E-state index in [0.29, 0.717) is 5.75 Å². The normalized spacial score (nSPS) is 14.6. The van der Waals surface area contributed by atoms with Crippen LogP contribution in [-0.4, -0.2) is 14.7 Å². The van der Waals surface area contributed by atoms with Crippen LogP contribution in [0.3, 0.4) is 0 Å². The fourth-order valence-corrected chi connectivity index (χ4v) is 2.59. The molecule has 0 atom stereocenters. The fraction of sp³-hybridized carbons (Fsp3) is 0.357. The molecule has 1 aromatic heterocycles. The SMILES string of the molecule is Cc1cc(O)ccc1-n1cnc2c1CCCC2. The molecule has 0 spiro atoms. The van der Waals surface area contributed by atoms with E-state index in [1.807, 2.05) is 19.3 Å². The highest BCUT2D eigenvalue weighted by Crippen LogP contribution is 2.26. The first-order chi connectivity index (χ1) is 8.25. The Bertz CT molecular complexity index is 557. The topological polar surface area (TPSA) is 38.0 Å². The van der Waals surface area contributed by atoms with Gasteiger partial charge in [-0.1, -0.05) is 0 Å². The molecule has 0 saturated carbocycles. The van der Waals surface area contributed by atoms with Gasteiger partial charge in [0.25, 0.3) is 0 Å². The Kier molecular flexibility index (Phi) is 2.39. The van der Waals surface area contributed by atoms with Crippen LogP contribution < -0.4 is 0 Å². The third-order valence-electron chi connectivity index (χ3n) is 3.47. The molecule has 0 aliphatic heterocycles. The van der Waals surface area contributed by atoms with Crippen LogP contribution in [0.25, 0.3) is 5.69 Å². The summed E-state index contributed by atoms with van der Waals surface area (Å²) >= 11 is 0. The molecule has 3 nitrogen and oxygen atoms in total. The minimum atomic E-state index is 0.320. The molecule has 0 amide bonds. The number of aromatic nitrogens is 2. The summed E-state index contributed by atoms with van der Waals surface area (Å²) in [6, 6.07) is 5.49. The number of aryl methyl sites for hydroxylation is 2. The van der Waals surface area contributed by atoms with Crippen molar-refractivity contribution in [1.82, 2.24) is 9.55 Å². The maximum Gasteiger partial charge on any atom is 0.115 e. The Labute approximate surface area is 101 Å². The van der Waals surface area contributed by atoms with E-state index in [1.54, 1.807) is 12.1 Å². The number of phenolic OH excluding ortho intramolecular Hbond substituents is 1. The number of hydrogen-bond donors (Lipinski definition) is 1. The minimum absolute atomic E-state index is 0.320. The standard InChI is InChI=1S/C14H16N2O/c1-10-8-11(17)6-7-13(10)16-9-15-12-4-2-3-5-14(12)16/h6-9,17H,2-5H2,1H3. The quantitative estimate of drug-likeness (QED) is 0.815. The second-order valence-electron chi connectivity index (χ2n) is 4.69. The smallest absolute Gasteiger partial charge is 0.115 e. The number of imidazole rings is 1. The van der Waals surface area contributed by atoms with Gasteiger partial charge in [-0.05, 0) is 56.4 Å². The Balaban J connectivity index is 2.12. The highest BCUT2D eigenvalue weighted by molar-refractivity contribution is 5.46. The Morgan fingerprint density at radius 1 is 1.24 bits per heavy atom. The van der Waals surface area contributed by atoms with Crippen molar-refractivity contribution in [2.24, 2.45) is 0 Å². The van der Waals surface area contributed by atoms with E-state index in [1.165, 1.54) is 24.2 Å². The van der Waals surface area contributed by atoms with Gasteiger partial charge in [0, 0.05) is 11.4 Å². The molecule has 88 valence electrons. The molecule has 3 heteroatoms. The van der Waals surface area contributed by atoms with Gasteiger partial charge in [-0.3, -0.25) is 0 Å². The molecule has 17 heavy (non-hydrogen) atoms. The second kappa shape index (κ2) is 3.91. The summed E-state index contributed by atoms with van der Waals surface area (Å²) < 4.78 is 2.17. The van der Waals surface area contributed by atoms with E-state index in [2.05, 4.69) is 9.55 Å². The molecule has 1 N–H and O–H groups in total. The van der Waals surface area contributed by atoms with Gasteiger partial charge in [0.2, 0.25) is 0 Å². The Hall–Kier alpha value is -1.77. The second-order valence-corrected chi connectivity index (χ2v) is 4.69. The summed E-state index contributed by atoms with van der Waals surface area (Å²) in [5.74, 6) is 0.320. The zero-order chi connectivity index (χ0) is 11.8. The first-order valence-corrected chi connectivity index (χ1v) is 6.11. The molecule has 0 bridgehead atoms. The molecule has 2 aromatic rings. The number of rotatable bonds is 1. The van der Waals surface area contributed by atoms with Crippen molar-refractivity contribution >= 4 is 0 Å². The van der Waals surface area contributed by atoms with Gasteiger partial charge in [-0.2, -0.15) is 0 Å². The number of hydrogen-bond acceptors (Lipinski definition) is 2. The third kappa shape index (κ3) is 1.71. The fourth-order valence-electron chi connectivity index (χ4n) is 2.59. The van der Waals surface area contributed by atoms with Crippen molar-refractivity contribution in [1.29, 1.82) is 0 Å². The van der Waals surface area contributed by atoms with Gasteiger partial charge in [-0.15, -0.1) is 0 Å². The molecule has 1 heterocycles. The van der Waals surface area contributed by atoms with Crippen molar-refractivity contribution in [3.63, 3.8) is 0 Å². The summed E-state index contributed by atoms with van der Waals surface area (Å²) in [4.78, 5) is 4.50. The Morgan fingerprint density at radius 3 is 2.88 bits per heavy atom.